The number of ether oxygens (including phenoxy) is 1. The molecule has 0 spiro atoms. The number of amides is 1. The van der Waals surface area contributed by atoms with Gasteiger partial charge in [-0.15, -0.1) is 0 Å². The van der Waals surface area contributed by atoms with Gasteiger partial charge in [0.25, 0.3) is 11.6 Å². The van der Waals surface area contributed by atoms with Gasteiger partial charge in [-0.05, 0) is 37.3 Å². The van der Waals surface area contributed by atoms with E-state index in [1.807, 2.05) is 0 Å². The third kappa shape index (κ3) is 5.03. The summed E-state index contributed by atoms with van der Waals surface area (Å²) in [6.07, 6.45) is -1.25. The number of rotatable bonds is 6. The topological polar surface area (TPSA) is 102 Å². The Morgan fingerprint density at radius 3 is 2.50 bits per heavy atom. The third-order valence-electron chi connectivity index (χ3n) is 3.73. The molecular weight excluding hydrogens is 437 g/mol. The van der Waals surface area contributed by atoms with Crippen LogP contribution in [0.5, 0.6) is 0 Å². The van der Waals surface area contributed by atoms with Crippen molar-refractivity contribution in [3.05, 3.63) is 62.4 Å². The minimum absolute atomic E-state index is 0.0675. The number of nitrogens with zero attached hydrogens (tertiary/aromatic N) is 2. The average molecular weight is 454 g/mol. The first kappa shape index (κ1) is 21.3. The van der Waals surface area contributed by atoms with Crippen LogP contribution in [0.15, 0.2) is 40.9 Å². The third-order valence-corrected chi connectivity index (χ3v) is 4.22. The van der Waals surface area contributed by atoms with Gasteiger partial charge in [0.15, 0.2) is 6.10 Å². The van der Waals surface area contributed by atoms with Gasteiger partial charge in [-0.25, -0.2) is 9.18 Å². The molecule has 1 unspecified atom stereocenters. The molecule has 0 heterocycles. The van der Waals surface area contributed by atoms with Gasteiger partial charge in [0.05, 0.1) is 16.2 Å². The minimum Gasteiger partial charge on any atom is -0.449 e. The van der Waals surface area contributed by atoms with Gasteiger partial charge in [-0.1, -0.05) is 15.9 Å². The van der Waals surface area contributed by atoms with Crippen LogP contribution in [0, 0.1) is 15.9 Å². The van der Waals surface area contributed by atoms with Gasteiger partial charge < -0.3 is 15.0 Å². The van der Waals surface area contributed by atoms with Crippen LogP contribution < -0.4 is 10.2 Å². The maximum absolute atomic E-state index is 13.8. The number of hydrogen-bond donors (Lipinski definition) is 1. The fourth-order valence-corrected chi connectivity index (χ4v) is 2.62. The number of anilines is 2. The van der Waals surface area contributed by atoms with E-state index in [0.717, 1.165) is 6.07 Å². The van der Waals surface area contributed by atoms with Crippen molar-refractivity contribution in [2.45, 2.75) is 13.0 Å². The normalized spacial score (nSPS) is 11.5. The monoisotopic (exact) mass is 453 g/mol. The summed E-state index contributed by atoms with van der Waals surface area (Å²) < 4.78 is 19.4. The van der Waals surface area contributed by atoms with E-state index in [1.54, 1.807) is 20.2 Å². The summed E-state index contributed by atoms with van der Waals surface area (Å²) in [5.74, 6) is -2.31. The van der Waals surface area contributed by atoms with Crippen molar-refractivity contribution >= 4 is 44.9 Å². The lowest BCUT2D eigenvalue weighted by Crippen LogP contribution is -2.30. The highest BCUT2D eigenvalue weighted by Gasteiger charge is 2.23. The van der Waals surface area contributed by atoms with Crippen molar-refractivity contribution in [3.63, 3.8) is 0 Å². The molecule has 0 fully saturated rings. The highest BCUT2D eigenvalue weighted by molar-refractivity contribution is 9.10. The van der Waals surface area contributed by atoms with Crippen LogP contribution in [0.1, 0.15) is 17.3 Å². The Morgan fingerprint density at radius 2 is 1.93 bits per heavy atom. The molecule has 1 N–H and O–H groups in total. The van der Waals surface area contributed by atoms with Gasteiger partial charge in [-0.3, -0.25) is 14.9 Å². The largest absolute Gasteiger partial charge is 0.449 e. The van der Waals surface area contributed by atoms with Gasteiger partial charge >= 0.3 is 5.97 Å². The Hall–Kier alpha value is -3.01. The van der Waals surface area contributed by atoms with E-state index in [0.29, 0.717) is 10.2 Å². The molecule has 10 heteroatoms. The Kier molecular flexibility index (Phi) is 6.68. The second kappa shape index (κ2) is 8.79. The zero-order chi connectivity index (χ0) is 21.0. The molecular formula is C18H17BrFN3O5. The zero-order valence-corrected chi connectivity index (χ0v) is 16.8. The number of esters is 1. The molecule has 0 radical (unpaired) electrons. The summed E-state index contributed by atoms with van der Waals surface area (Å²) >= 11 is 3.11. The zero-order valence-electron chi connectivity index (χ0n) is 15.2. The molecule has 0 bridgehead atoms. The Balaban J connectivity index is 2.12. The van der Waals surface area contributed by atoms with Crippen LogP contribution in [0.2, 0.25) is 0 Å². The Labute approximate surface area is 168 Å². The summed E-state index contributed by atoms with van der Waals surface area (Å²) in [5, 5.41) is 13.5. The maximum atomic E-state index is 13.8. The first-order chi connectivity index (χ1) is 13.1. The van der Waals surface area contributed by atoms with Crippen LogP contribution in [0.4, 0.5) is 21.5 Å². The molecule has 2 rings (SSSR count). The van der Waals surface area contributed by atoms with Crippen molar-refractivity contribution in [1.29, 1.82) is 0 Å². The molecule has 1 amide bonds. The summed E-state index contributed by atoms with van der Waals surface area (Å²) in [7, 11) is 3.27. The molecule has 8 nitrogen and oxygen atoms in total. The lowest BCUT2D eigenvalue weighted by atomic mass is 10.1. The molecule has 2 aromatic rings. The number of nitro benzene ring substituents is 1. The second-order valence-electron chi connectivity index (χ2n) is 6.02. The number of benzene rings is 2. The molecule has 2 aromatic carbocycles. The van der Waals surface area contributed by atoms with Crippen molar-refractivity contribution in [2.24, 2.45) is 0 Å². The number of nitro groups is 1. The number of carbonyl (C=O) groups excluding carboxylic acids is 2. The summed E-state index contributed by atoms with van der Waals surface area (Å²) in [6, 6.07) is 7.94. The lowest BCUT2D eigenvalue weighted by Gasteiger charge is -2.15. The minimum atomic E-state index is -1.25. The Bertz CT molecular complexity index is 935. The van der Waals surface area contributed by atoms with Crippen molar-refractivity contribution in [2.75, 3.05) is 24.3 Å². The first-order valence-electron chi connectivity index (χ1n) is 8.02. The van der Waals surface area contributed by atoms with E-state index < -0.39 is 28.7 Å². The SMILES string of the molecule is CC(OC(=O)c1ccc(N(C)C)c([N+](=O)[O-])c1)C(=O)Nc1ccc(Br)cc1F. The summed E-state index contributed by atoms with van der Waals surface area (Å²) in [6.45, 7) is 1.31. The van der Waals surface area contributed by atoms with Crippen LogP contribution >= 0.6 is 15.9 Å². The van der Waals surface area contributed by atoms with E-state index in [9.17, 15) is 24.1 Å². The smallest absolute Gasteiger partial charge is 0.339 e. The molecule has 1 atom stereocenters. The molecule has 0 aliphatic heterocycles. The van der Waals surface area contributed by atoms with E-state index in [1.165, 1.54) is 36.1 Å². The fraction of sp³-hybridized carbons (Fsp3) is 0.222. The Morgan fingerprint density at radius 1 is 1.25 bits per heavy atom. The molecule has 0 aliphatic carbocycles. The van der Waals surface area contributed by atoms with E-state index in [2.05, 4.69) is 21.2 Å². The standard InChI is InChI=1S/C18H17BrFN3O5/c1-10(17(24)21-14-6-5-12(19)9-13(14)20)28-18(25)11-4-7-15(22(2)3)16(8-11)23(26)27/h4-10H,1-3H3,(H,21,24). The highest BCUT2D eigenvalue weighted by atomic mass is 79.9. The average Bonchev–Trinajstić information content (AvgIpc) is 2.63. The summed E-state index contributed by atoms with van der Waals surface area (Å²) in [5.41, 5.74) is -0.0969. The lowest BCUT2D eigenvalue weighted by molar-refractivity contribution is -0.384. The van der Waals surface area contributed by atoms with Crippen LogP contribution in [-0.2, 0) is 9.53 Å². The van der Waals surface area contributed by atoms with Gasteiger partial charge in [-0.2, -0.15) is 0 Å². The maximum Gasteiger partial charge on any atom is 0.339 e. The molecule has 28 heavy (non-hydrogen) atoms. The number of hydrogen-bond acceptors (Lipinski definition) is 6. The van der Waals surface area contributed by atoms with E-state index in [4.69, 9.17) is 4.74 Å². The molecule has 0 aromatic heterocycles. The van der Waals surface area contributed by atoms with Crippen LogP contribution in [0.25, 0.3) is 0 Å². The van der Waals surface area contributed by atoms with Crippen LogP contribution in [-0.4, -0.2) is 37.0 Å². The fourth-order valence-electron chi connectivity index (χ4n) is 2.28. The quantitative estimate of drug-likeness (QED) is 0.405. The van der Waals surface area contributed by atoms with Crippen molar-refractivity contribution in [3.8, 4) is 0 Å². The van der Waals surface area contributed by atoms with Gasteiger partial charge in [0.2, 0.25) is 0 Å². The number of carbonyl (C=O) groups is 2. The predicted octanol–water partition coefficient (Wildman–Crippen LogP) is 3.75. The van der Waals surface area contributed by atoms with Crippen molar-refractivity contribution < 1.29 is 23.6 Å². The molecule has 0 saturated heterocycles. The van der Waals surface area contributed by atoms with Gasteiger partial charge in [0, 0.05) is 24.6 Å². The highest BCUT2D eigenvalue weighted by Crippen LogP contribution is 2.28. The van der Waals surface area contributed by atoms with E-state index in [-0.39, 0.29) is 16.9 Å². The second-order valence-corrected chi connectivity index (χ2v) is 6.93. The number of halogens is 2. The van der Waals surface area contributed by atoms with E-state index >= 15 is 0 Å². The number of nitrogens with one attached hydrogen (secondary N) is 1. The van der Waals surface area contributed by atoms with Gasteiger partial charge in [0.1, 0.15) is 11.5 Å². The summed E-state index contributed by atoms with van der Waals surface area (Å²) in [4.78, 5) is 36.6. The predicted molar refractivity (Wildman–Crippen MR) is 105 cm³/mol. The van der Waals surface area contributed by atoms with Crippen molar-refractivity contribution in [1.82, 2.24) is 0 Å². The molecule has 148 valence electrons. The molecule has 0 saturated carbocycles. The van der Waals surface area contributed by atoms with Crippen LogP contribution in [0.3, 0.4) is 0 Å². The first-order valence-corrected chi connectivity index (χ1v) is 8.82. The molecule has 0 aliphatic rings.